The topological polar surface area (TPSA) is 318 Å². The molecule has 4 N–H and O–H groups in total. The Bertz CT molecular complexity index is 2110. The fourth-order valence-electron chi connectivity index (χ4n) is 4.07. The van der Waals surface area contributed by atoms with Crippen LogP contribution in [0.1, 0.15) is 11.1 Å². The molecule has 0 amide bonds. The van der Waals surface area contributed by atoms with Gasteiger partial charge in [-0.1, -0.05) is 24.3 Å². The van der Waals surface area contributed by atoms with Crippen LogP contribution in [0.3, 0.4) is 0 Å². The number of hydrogen-bond donors (Lipinski definition) is 4. The minimum absolute atomic E-state index is 0. The van der Waals surface area contributed by atoms with E-state index in [1.807, 2.05) is 0 Å². The first-order valence-corrected chi connectivity index (χ1v) is 15.5. The molecule has 0 radical (unpaired) electrons. The summed E-state index contributed by atoms with van der Waals surface area (Å²) in [7, 11) is -10.5. The van der Waals surface area contributed by atoms with Crippen molar-refractivity contribution in [2.75, 3.05) is 10.9 Å². The number of hydrazone groups is 2. The van der Waals surface area contributed by atoms with Gasteiger partial charge in [0.25, 0.3) is 0 Å². The van der Waals surface area contributed by atoms with Crippen LogP contribution in [-0.4, -0.2) is 71.1 Å². The second-order valence-corrected chi connectivity index (χ2v) is 12.1. The van der Waals surface area contributed by atoms with Gasteiger partial charge in [0.1, 0.15) is 43.2 Å². The van der Waals surface area contributed by atoms with Crippen LogP contribution in [-0.2, 0) is 39.4 Å². The van der Waals surface area contributed by atoms with Gasteiger partial charge in [-0.3, -0.25) is 20.4 Å². The SMILES string of the molecule is O=C1C=C(O)/C(=N/Nc2ccc(/C=C/c3ccc(N/N=C4/C(O)=CC(=O)C=C4C(=O)[O-])cc3S(=O)(=O)[O-])c(S(=O)(=O)[O-])c2)C(C(=O)[O-])=C1.[Na+].[Na+].[Na+].[Na+]. The molecule has 18 nitrogen and oxygen atoms in total. The Morgan fingerprint density at radius 2 is 0.942 bits per heavy atom. The number of aliphatic carboxylic acids is 2. The predicted octanol–water partition coefficient (Wildman–Crippen LogP) is -13.4. The van der Waals surface area contributed by atoms with Crippen LogP contribution in [0.25, 0.3) is 12.2 Å². The van der Waals surface area contributed by atoms with E-state index in [2.05, 4.69) is 21.1 Å². The summed E-state index contributed by atoms with van der Waals surface area (Å²) >= 11 is 0. The van der Waals surface area contributed by atoms with E-state index in [4.69, 9.17) is 0 Å². The fraction of sp³-hybridized carbons (Fsp3) is 0. The third-order valence-corrected chi connectivity index (χ3v) is 7.95. The number of nitrogens with zero attached hydrogens (tertiary/aromatic N) is 2. The third kappa shape index (κ3) is 12.7. The maximum atomic E-state index is 12.0. The van der Waals surface area contributed by atoms with Crippen molar-refractivity contribution >= 4 is 78.7 Å². The summed E-state index contributed by atoms with van der Waals surface area (Å²) in [4.78, 5) is 43.9. The summed E-state index contributed by atoms with van der Waals surface area (Å²) in [5.74, 6) is -7.14. The van der Waals surface area contributed by atoms with E-state index in [1.165, 1.54) is 0 Å². The molecular weight excluding hydrogens is 772 g/mol. The molecule has 0 aromatic heterocycles. The van der Waals surface area contributed by atoms with Crippen molar-refractivity contribution in [3.8, 4) is 0 Å². The zero-order valence-electron chi connectivity index (χ0n) is 27.4. The normalized spacial score (nSPS) is 15.8. The maximum absolute atomic E-state index is 12.0. The number of carboxylic acid groups (broad SMARTS) is 2. The molecule has 0 saturated carbocycles. The standard InChI is InChI=1S/C28H20N4O14S2.4Na/c33-17-9-19(27(37)38)25(21(35)11-17)31-29-15-5-3-13(23(7-15)47(41,42)43)1-2-14-4-6-16(8-24(14)48(44,45)46)30-32-26-20(28(39)40)10-18(34)12-22(26)36;;;;/h1-12,29-30,35-36H,(H,37,38)(H,39,40)(H,41,42,43)(H,44,45,46);;;;/q;4*+1/p-4/b2-1+,31-25+,32-26+;;;;. The van der Waals surface area contributed by atoms with Crippen LogP contribution < -0.4 is 139 Å². The summed E-state index contributed by atoms with van der Waals surface area (Å²) in [5, 5.41) is 49.8. The minimum atomic E-state index is -5.24. The van der Waals surface area contributed by atoms with E-state index >= 15 is 0 Å². The summed E-state index contributed by atoms with van der Waals surface area (Å²) in [5.41, 5.74) is 0.601. The number of hydrogen-bond acceptors (Lipinski definition) is 18. The fourth-order valence-corrected chi connectivity index (χ4v) is 5.46. The smallest absolute Gasteiger partial charge is 0.744 e. The van der Waals surface area contributed by atoms with Gasteiger partial charge in [-0.15, -0.1) is 0 Å². The first kappa shape index (κ1) is 49.8. The quantitative estimate of drug-likeness (QED) is 0.0571. The second kappa shape index (κ2) is 20.5. The summed E-state index contributed by atoms with van der Waals surface area (Å²) in [6.45, 7) is 0. The Morgan fingerprint density at radius 1 is 0.615 bits per heavy atom. The second-order valence-electron chi connectivity index (χ2n) is 9.45. The number of carbonyl (C=O) groups is 4. The number of benzene rings is 2. The van der Waals surface area contributed by atoms with Gasteiger partial charge < -0.3 is 39.1 Å². The van der Waals surface area contributed by atoms with E-state index < -0.39 is 87.6 Å². The predicted molar refractivity (Wildman–Crippen MR) is 157 cm³/mol. The summed E-state index contributed by atoms with van der Waals surface area (Å²) < 4.78 is 72.3. The molecule has 24 heteroatoms. The van der Waals surface area contributed by atoms with Gasteiger partial charge in [0.15, 0.2) is 11.6 Å². The molecule has 2 aromatic carbocycles. The zero-order valence-corrected chi connectivity index (χ0v) is 37.1. The first-order valence-electron chi connectivity index (χ1n) is 12.7. The van der Waals surface area contributed by atoms with Crippen LogP contribution >= 0.6 is 0 Å². The number of ketones is 2. The first-order chi connectivity index (χ1) is 22.3. The average molecular weight is 789 g/mol. The maximum Gasteiger partial charge on any atom is 1.00 e. The minimum Gasteiger partial charge on any atom is -0.744 e. The largest absolute Gasteiger partial charge is 1.00 e. The molecule has 52 heavy (non-hydrogen) atoms. The molecule has 0 spiro atoms. The number of allylic oxidation sites excluding steroid dienone is 6. The van der Waals surface area contributed by atoms with Crippen molar-refractivity contribution < 1.29 is 184 Å². The van der Waals surface area contributed by atoms with E-state index in [0.717, 1.165) is 48.6 Å². The van der Waals surface area contributed by atoms with E-state index in [-0.39, 0.29) is 141 Å². The molecular formula is C28H16N4Na4O14S2. The van der Waals surface area contributed by atoms with Crippen molar-refractivity contribution in [3.05, 3.63) is 94.5 Å². The van der Waals surface area contributed by atoms with Crippen LogP contribution in [0.5, 0.6) is 0 Å². The number of nitrogens with one attached hydrogen (secondary N) is 2. The van der Waals surface area contributed by atoms with E-state index in [1.54, 1.807) is 0 Å². The molecule has 0 saturated heterocycles. The van der Waals surface area contributed by atoms with Gasteiger partial charge in [0.05, 0.1) is 33.1 Å². The van der Waals surface area contributed by atoms with Crippen LogP contribution in [0.4, 0.5) is 11.4 Å². The van der Waals surface area contributed by atoms with E-state index in [9.17, 15) is 65.5 Å². The van der Waals surface area contributed by atoms with Gasteiger partial charge >= 0.3 is 118 Å². The number of anilines is 2. The number of rotatable bonds is 10. The molecule has 0 aliphatic heterocycles. The Morgan fingerprint density at radius 3 is 1.23 bits per heavy atom. The monoisotopic (exact) mass is 788 g/mol. The van der Waals surface area contributed by atoms with Crippen molar-refractivity contribution in [3.63, 3.8) is 0 Å². The molecule has 0 atom stereocenters. The zero-order chi connectivity index (χ0) is 35.6. The van der Waals surface area contributed by atoms with Crippen LogP contribution in [0, 0.1) is 0 Å². The third-order valence-electron chi connectivity index (χ3n) is 6.17. The van der Waals surface area contributed by atoms with Gasteiger partial charge in [-0.05, 0) is 47.5 Å². The summed E-state index contributed by atoms with van der Waals surface area (Å²) in [6.07, 6.45) is 4.52. The Labute approximate surface area is 382 Å². The molecule has 2 aliphatic carbocycles. The van der Waals surface area contributed by atoms with Crippen LogP contribution in [0.15, 0.2) is 103 Å². The number of carboxylic acids is 2. The molecule has 248 valence electrons. The van der Waals surface area contributed by atoms with Crippen molar-refractivity contribution in [2.45, 2.75) is 9.79 Å². The molecule has 2 aromatic rings. The van der Waals surface area contributed by atoms with Gasteiger partial charge in [-0.25, -0.2) is 16.8 Å². The average Bonchev–Trinajstić information content (AvgIpc) is 2.97. The molecule has 0 heterocycles. The molecule has 2 aliphatic rings. The summed E-state index contributed by atoms with van der Waals surface area (Å²) in [6, 6.07) is 6.00. The van der Waals surface area contributed by atoms with Crippen molar-refractivity contribution in [2.24, 2.45) is 10.2 Å². The van der Waals surface area contributed by atoms with E-state index in [0.29, 0.717) is 24.3 Å². The molecule has 0 unspecified atom stereocenters. The van der Waals surface area contributed by atoms with Gasteiger partial charge in [0.2, 0.25) is 0 Å². The molecule has 4 rings (SSSR count). The Hall–Kier alpha value is -2.22. The van der Waals surface area contributed by atoms with Crippen molar-refractivity contribution in [1.82, 2.24) is 0 Å². The van der Waals surface area contributed by atoms with Crippen molar-refractivity contribution in [1.29, 1.82) is 0 Å². The number of aliphatic hydroxyl groups is 2. The molecule has 0 fully saturated rings. The Kier molecular flexibility index (Phi) is 19.6. The van der Waals surface area contributed by atoms with Crippen LogP contribution in [0.2, 0.25) is 0 Å². The van der Waals surface area contributed by atoms with Gasteiger partial charge in [-0.2, -0.15) is 10.2 Å². The van der Waals surface area contributed by atoms with Gasteiger partial charge in [0, 0.05) is 23.3 Å². The molecule has 0 bridgehead atoms. The Balaban J connectivity index is 0.00000650. The number of carbonyl (C=O) groups excluding carboxylic acids is 4. The number of aliphatic hydroxyl groups excluding tert-OH is 2.